The third kappa shape index (κ3) is 5.39. The molecule has 4 rings (SSSR count). The summed E-state index contributed by atoms with van der Waals surface area (Å²) in [7, 11) is 0. The molecule has 0 N–H and O–H groups in total. The predicted molar refractivity (Wildman–Crippen MR) is 120 cm³/mol. The van der Waals surface area contributed by atoms with Crippen LogP contribution in [0.1, 0.15) is 18.4 Å². The maximum atomic E-state index is 4.59. The average Bonchev–Trinajstić information content (AvgIpc) is 3.01. The van der Waals surface area contributed by atoms with Crippen LogP contribution in [0.15, 0.2) is 42.7 Å². The van der Waals surface area contributed by atoms with Crippen LogP contribution in [0.5, 0.6) is 0 Å². The summed E-state index contributed by atoms with van der Waals surface area (Å²) >= 11 is 2.03. The number of aryl methyl sites for hydroxylation is 1. The summed E-state index contributed by atoms with van der Waals surface area (Å²) in [5.41, 5.74) is 1.45. The van der Waals surface area contributed by atoms with Crippen molar-refractivity contribution in [1.29, 1.82) is 0 Å². The maximum Gasteiger partial charge on any atom is 0.134 e. The molecule has 150 valence electrons. The summed E-state index contributed by atoms with van der Waals surface area (Å²) in [5.74, 6) is 4.57. The Morgan fingerprint density at radius 2 is 1.57 bits per heavy atom. The second-order valence-electron chi connectivity index (χ2n) is 7.61. The molecule has 0 saturated carbocycles. The van der Waals surface area contributed by atoms with E-state index < -0.39 is 0 Å². The van der Waals surface area contributed by atoms with Gasteiger partial charge < -0.3 is 14.7 Å². The highest BCUT2D eigenvalue weighted by atomic mass is 32.2. The molecule has 5 nitrogen and oxygen atoms in total. The van der Waals surface area contributed by atoms with E-state index in [4.69, 9.17) is 0 Å². The van der Waals surface area contributed by atoms with E-state index in [0.29, 0.717) is 0 Å². The maximum absolute atomic E-state index is 4.59. The van der Waals surface area contributed by atoms with E-state index in [1.54, 1.807) is 6.33 Å². The average molecular weight is 398 g/mol. The van der Waals surface area contributed by atoms with E-state index in [1.807, 2.05) is 11.8 Å². The van der Waals surface area contributed by atoms with Crippen LogP contribution >= 0.6 is 11.8 Å². The van der Waals surface area contributed by atoms with Crippen LogP contribution in [-0.2, 0) is 6.42 Å². The third-order valence-corrected chi connectivity index (χ3v) is 6.61. The third-order valence-electron chi connectivity index (χ3n) is 5.67. The monoisotopic (exact) mass is 397 g/mol. The first kappa shape index (κ1) is 19.5. The highest BCUT2D eigenvalue weighted by Gasteiger charge is 2.18. The van der Waals surface area contributed by atoms with Crippen LogP contribution in [0.3, 0.4) is 0 Å². The number of hydrogen-bond donors (Lipinski definition) is 0. The van der Waals surface area contributed by atoms with Crippen molar-refractivity contribution in [1.82, 2.24) is 14.9 Å². The molecule has 28 heavy (non-hydrogen) atoms. The van der Waals surface area contributed by atoms with Gasteiger partial charge in [-0.05, 0) is 37.9 Å². The molecule has 0 spiro atoms. The number of anilines is 2. The molecule has 0 bridgehead atoms. The summed E-state index contributed by atoms with van der Waals surface area (Å²) in [6.45, 7) is 7.82. The summed E-state index contributed by atoms with van der Waals surface area (Å²) in [6.07, 6.45) is 5.35. The molecule has 3 heterocycles. The molecular formula is C22H31N5S. The summed E-state index contributed by atoms with van der Waals surface area (Å²) < 4.78 is 0. The van der Waals surface area contributed by atoms with Crippen molar-refractivity contribution in [2.75, 3.05) is 67.1 Å². The molecule has 0 aliphatic carbocycles. The first-order valence-electron chi connectivity index (χ1n) is 10.5. The molecule has 0 atom stereocenters. The Morgan fingerprint density at radius 3 is 2.36 bits per heavy atom. The molecule has 2 aromatic rings. The second-order valence-corrected chi connectivity index (χ2v) is 8.83. The van der Waals surface area contributed by atoms with Gasteiger partial charge in [-0.25, -0.2) is 9.97 Å². The van der Waals surface area contributed by atoms with Gasteiger partial charge in [0.05, 0.1) is 0 Å². The molecule has 2 aliphatic rings. The van der Waals surface area contributed by atoms with E-state index >= 15 is 0 Å². The fraction of sp³-hybridized carbons (Fsp3) is 0.545. The minimum atomic E-state index is 1.05. The zero-order valence-corrected chi connectivity index (χ0v) is 17.5. The minimum Gasteiger partial charge on any atom is -0.355 e. The van der Waals surface area contributed by atoms with Crippen molar-refractivity contribution in [3.8, 4) is 0 Å². The zero-order chi connectivity index (χ0) is 19.0. The zero-order valence-electron chi connectivity index (χ0n) is 16.7. The van der Waals surface area contributed by atoms with E-state index in [9.17, 15) is 0 Å². The van der Waals surface area contributed by atoms with Crippen LogP contribution in [0.4, 0.5) is 11.6 Å². The lowest BCUT2D eigenvalue weighted by Crippen LogP contribution is -2.34. The molecule has 0 amide bonds. The standard InChI is InChI=1S/C22H31N5S/c1-2-6-20(7-3-1)8-4-9-25-10-5-11-26(13-12-25)21-18-22(24-19-23-21)27-14-16-28-17-15-27/h1-3,6-7,18-19H,4-5,8-17H2. The lowest BCUT2D eigenvalue weighted by atomic mass is 10.1. The van der Waals surface area contributed by atoms with Gasteiger partial charge in [-0.1, -0.05) is 30.3 Å². The van der Waals surface area contributed by atoms with E-state index in [2.05, 4.69) is 61.1 Å². The fourth-order valence-corrected chi connectivity index (χ4v) is 4.95. The first-order chi connectivity index (χ1) is 13.9. The SMILES string of the molecule is c1ccc(CCCN2CCCN(c3cc(N4CCSCC4)ncn3)CC2)cc1. The van der Waals surface area contributed by atoms with Crippen molar-refractivity contribution < 1.29 is 0 Å². The van der Waals surface area contributed by atoms with Crippen LogP contribution in [0.25, 0.3) is 0 Å². The summed E-state index contributed by atoms with van der Waals surface area (Å²) in [4.78, 5) is 16.6. The molecule has 2 saturated heterocycles. The molecule has 2 aliphatic heterocycles. The summed E-state index contributed by atoms with van der Waals surface area (Å²) in [6, 6.07) is 13.0. The highest BCUT2D eigenvalue weighted by Crippen LogP contribution is 2.21. The van der Waals surface area contributed by atoms with Gasteiger partial charge in [0.2, 0.25) is 0 Å². The fourth-order valence-electron chi connectivity index (χ4n) is 4.05. The van der Waals surface area contributed by atoms with E-state index in [-0.39, 0.29) is 0 Å². The Hall–Kier alpha value is -1.79. The normalized spacial score (nSPS) is 18.9. The molecular weight excluding hydrogens is 366 g/mol. The number of rotatable bonds is 6. The molecule has 0 radical (unpaired) electrons. The van der Waals surface area contributed by atoms with Gasteiger partial charge >= 0.3 is 0 Å². The number of nitrogens with zero attached hydrogens (tertiary/aromatic N) is 5. The lowest BCUT2D eigenvalue weighted by molar-refractivity contribution is 0.290. The first-order valence-corrected chi connectivity index (χ1v) is 11.7. The van der Waals surface area contributed by atoms with Gasteiger partial charge in [0.1, 0.15) is 18.0 Å². The Kier molecular flexibility index (Phi) is 7.06. The predicted octanol–water partition coefficient (Wildman–Crippen LogP) is 3.17. The smallest absolute Gasteiger partial charge is 0.134 e. The molecule has 0 unspecified atom stereocenters. The Bertz CT molecular complexity index is 720. The highest BCUT2D eigenvalue weighted by molar-refractivity contribution is 7.99. The number of aromatic nitrogens is 2. The van der Waals surface area contributed by atoms with Crippen LogP contribution in [0, 0.1) is 0 Å². The number of hydrogen-bond acceptors (Lipinski definition) is 6. The Morgan fingerprint density at radius 1 is 0.821 bits per heavy atom. The van der Waals surface area contributed by atoms with Crippen LogP contribution in [-0.4, -0.2) is 72.2 Å². The summed E-state index contributed by atoms with van der Waals surface area (Å²) in [5, 5.41) is 0. The Labute approximate surface area is 173 Å². The number of thioether (sulfide) groups is 1. The minimum absolute atomic E-state index is 1.05. The largest absolute Gasteiger partial charge is 0.355 e. The topological polar surface area (TPSA) is 35.5 Å². The quantitative estimate of drug-likeness (QED) is 0.745. The van der Waals surface area contributed by atoms with Gasteiger partial charge in [-0.3, -0.25) is 0 Å². The molecule has 1 aromatic carbocycles. The molecule has 6 heteroatoms. The van der Waals surface area contributed by atoms with Gasteiger partial charge in [0.15, 0.2) is 0 Å². The van der Waals surface area contributed by atoms with E-state index in [0.717, 1.165) is 44.4 Å². The van der Waals surface area contributed by atoms with Crippen molar-refractivity contribution in [2.45, 2.75) is 19.3 Å². The number of benzene rings is 1. The Balaban J connectivity index is 1.29. The molecule has 2 fully saturated rings. The molecule has 1 aromatic heterocycles. The van der Waals surface area contributed by atoms with Crippen LogP contribution < -0.4 is 9.80 Å². The van der Waals surface area contributed by atoms with Crippen molar-refractivity contribution in [3.05, 3.63) is 48.3 Å². The van der Waals surface area contributed by atoms with Gasteiger partial charge in [-0.15, -0.1) is 0 Å². The second kappa shape index (κ2) is 10.1. The van der Waals surface area contributed by atoms with E-state index in [1.165, 1.54) is 49.4 Å². The van der Waals surface area contributed by atoms with Gasteiger partial charge in [0, 0.05) is 50.3 Å². The lowest BCUT2D eigenvalue weighted by Gasteiger charge is -2.28. The van der Waals surface area contributed by atoms with Gasteiger partial charge in [0.25, 0.3) is 0 Å². The van der Waals surface area contributed by atoms with Crippen molar-refractivity contribution in [2.24, 2.45) is 0 Å². The van der Waals surface area contributed by atoms with Crippen LogP contribution in [0.2, 0.25) is 0 Å². The van der Waals surface area contributed by atoms with Crippen molar-refractivity contribution in [3.63, 3.8) is 0 Å². The van der Waals surface area contributed by atoms with Crippen molar-refractivity contribution >= 4 is 23.4 Å². The van der Waals surface area contributed by atoms with Gasteiger partial charge in [-0.2, -0.15) is 11.8 Å².